The van der Waals surface area contributed by atoms with Crippen molar-refractivity contribution >= 4 is 11.7 Å². The molecule has 0 radical (unpaired) electrons. The van der Waals surface area contributed by atoms with Crippen molar-refractivity contribution in [1.82, 2.24) is 4.90 Å². The monoisotopic (exact) mass is 406 g/mol. The number of alkyl halides is 3. The molecule has 1 aliphatic rings. The van der Waals surface area contributed by atoms with Gasteiger partial charge in [0.25, 0.3) is 0 Å². The van der Waals surface area contributed by atoms with Crippen molar-refractivity contribution in [2.75, 3.05) is 32.1 Å². The molecule has 29 heavy (non-hydrogen) atoms. The van der Waals surface area contributed by atoms with Crippen molar-refractivity contribution in [2.45, 2.75) is 25.1 Å². The van der Waals surface area contributed by atoms with E-state index in [1.54, 1.807) is 0 Å². The number of hydrogen-bond donors (Lipinski definition) is 1. The van der Waals surface area contributed by atoms with Gasteiger partial charge in [-0.1, -0.05) is 24.3 Å². The summed E-state index contributed by atoms with van der Waals surface area (Å²) in [6.45, 7) is 1.16. The maximum absolute atomic E-state index is 13.0. The van der Waals surface area contributed by atoms with E-state index in [1.807, 2.05) is 43.3 Å². The van der Waals surface area contributed by atoms with Gasteiger partial charge in [-0.15, -0.1) is 0 Å². The molecule has 0 aromatic heterocycles. The Hall–Kier alpha value is -2.54. The number of carboxylic acid groups (broad SMARTS) is 1. The summed E-state index contributed by atoms with van der Waals surface area (Å²) in [6, 6.07) is 13.0. The van der Waals surface area contributed by atoms with Crippen LogP contribution in [0.2, 0.25) is 0 Å². The number of rotatable bonds is 5. The average molecular weight is 406 g/mol. The quantitative estimate of drug-likeness (QED) is 0.785. The van der Waals surface area contributed by atoms with Gasteiger partial charge in [-0.25, -0.2) is 0 Å². The number of hydrogen-bond acceptors (Lipinski definition) is 3. The number of anilines is 1. The van der Waals surface area contributed by atoms with E-state index in [0.29, 0.717) is 25.9 Å². The average Bonchev–Trinajstić information content (AvgIpc) is 2.69. The highest BCUT2D eigenvalue weighted by molar-refractivity contribution is 5.70. The summed E-state index contributed by atoms with van der Waals surface area (Å²) >= 11 is 0. The zero-order valence-electron chi connectivity index (χ0n) is 16.5. The van der Waals surface area contributed by atoms with E-state index in [0.717, 1.165) is 28.9 Å². The highest BCUT2D eigenvalue weighted by Crippen LogP contribution is 2.35. The minimum Gasteiger partial charge on any atom is -0.481 e. The third kappa shape index (κ3) is 4.90. The molecule has 2 aromatic carbocycles. The second-order valence-electron chi connectivity index (χ2n) is 7.66. The van der Waals surface area contributed by atoms with Crippen LogP contribution in [0.4, 0.5) is 18.9 Å². The van der Waals surface area contributed by atoms with Crippen LogP contribution in [-0.4, -0.2) is 43.2 Å². The highest BCUT2D eigenvalue weighted by Gasteiger charge is 2.32. The molecular weight excluding hydrogens is 381 g/mol. The summed E-state index contributed by atoms with van der Waals surface area (Å²) in [7, 11) is 3.89. The minimum absolute atomic E-state index is 0.219. The normalized spacial score (nSPS) is 17.1. The fraction of sp³-hybridized carbons (Fsp3) is 0.409. The summed E-state index contributed by atoms with van der Waals surface area (Å²) in [6.07, 6.45) is -3.31. The molecule has 1 heterocycles. The van der Waals surface area contributed by atoms with Gasteiger partial charge in [-0.2, -0.15) is 13.2 Å². The van der Waals surface area contributed by atoms with E-state index in [2.05, 4.69) is 4.90 Å². The van der Waals surface area contributed by atoms with Gasteiger partial charge in [0, 0.05) is 19.8 Å². The molecule has 2 aromatic rings. The van der Waals surface area contributed by atoms with Crippen molar-refractivity contribution in [3.63, 3.8) is 0 Å². The maximum Gasteiger partial charge on any atom is 0.416 e. The molecule has 3 rings (SSSR count). The van der Waals surface area contributed by atoms with Crippen molar-refractivity contribution < 1.29 is 23.1 Å². The van der Waals surface area contributed by atoms with Gasteiger partial charge in [0.15, 0.2) is 0 Å². The second kappa shape index (κ2) is 8.45. The van der Waals surface area contributed by atoms with Gasteiger partial charge in [0.1, 0.15) is 0 Å². The van der Waals surface area contributed by atoms with Gasteiger partial charge in [0.05, 0.1) is 17.5 Å². The van der Waals surface area contributed by atoms with Crippen LogP contribution in [0.5, 0.6) is 0 Å². The number of halogens is 3. The lowest BCUT2D eigenvalue weighted by molar-refractivity contribution is -0.143. The standard InChI is InChI=1S/C22H25F3N2O2/c1-26(2)19-9-5-16(6-10-19)20(27-13-11-17(12-14-27)21(28)29)15-3-7-18(8-4-15)22(23,24)25/h3-10,17,20H,11-14H2,1-2H3,(H,28,29). The van der Waals surface area contributed by atoms with Crippen LogP contribution in [0.25, 0.3) is 0 Å². The summed E-state index contributed by atoms with van der Waals surface area (Å²) in [5.74, 6) is -1.15. The molecule has 7 heteroatoms. The molecule has 0 aliphatic carbocycles. The molecule has 1 atom stereocenters. The Bertz CT molecular complexity index is 825. The molecule has 1 N–H and O–H groups in total. The molecule has 0 saturated carbocycles. The first-order valence-corrected chi connectivity index (χ1v) is 9.58. The molecule has 0 spiro atoms. The first kappa shape index (κ1) is 21.2. The number of aliphatic carboxylic acids is 1. The first-order chi connectivity index (χ1) is 13.7. The zero-order chi connectivity index (χ0) is 21.2. The van der Waals surface area contributed by atoms with Gasteiger partial charge in [0.2, 0.25) is 0 Å². The molecule has 4 nitrogen and oxygen atoms in total. The van der Waals surface area contributed by atoms with Crippen LogP contribution in [0.3, 0.4) is 0 Å². The minimum atomic E-state index is -4.37. The van der Waals surface area contributed by atoms with Crippen LogP contribution in [0.15, 0.2) is 48.5 Å². The molecule has 156 valence electrons. The number of nitrogens with zero attached hydrogens (tertiary/aromatic N) is 2. The number of benzene rings is 2. The zero-order valence-corrected chi connectivity index (χ0v) is 16.5. The van der Waals surface area contributed by atoms with Crippen molar-refractivity contribution in [3.05, 3.63) is 65.2 Å². The number of piperidine rings is 1. The number of carbonyl (C=O) groups is 1. The van der Waals surface area contributed by atoms with Gasteiger partial charge in [-0.3, -0.25) is 9.69 Å². The predicted octanol–water partition coefficient (Wildman–Crippen LogP) is 4.66. The van der Waals surface area contributed by atoms with E-state index < -0.39 is 17.7 Å². The predicted molar refractivity (Wildman–Crippen MR) is 106 cm³/mol. The third-order valence-electron chi connectivity index (χ3n) is 5.52. The largest absolute Gasteiger partial charge is 0.481 e. The molecule has 1 saturated heterocycles. The Kier molecular flexibility index (Phi) is 6.17. The summed E-state index contributed by atoms with van der Waals surface area (Å²) in [4.78, 5) is 15.4. The van der Waals surface area contributed by atoms with E-state index in [9.17, 15) is 23.1 Å². The van der Waals surface area contributed by atoms with Gasteiger partial charge in [-0.05, 0) is 61.3 Å². The molecule has 0 amide bonds. The molecular formula is C22H25F3N2O2. The molecule has 0 bridgehead atoms. The highest BCUT2D eigenvalue weighted by atomic mass is 19.4. The second-order valence-corrected chi connectivity index (χ2v) is 7.66. The summed E-state index contributed by atoms with van der Waals surface area (Å²) in [5.41, 5.74) is 2.10. The Morgan fingerprint density at radius 1 is 1.00 bits per heavy atom. The Balaban J connectivity index is 1.92. The SMILES string of the molecule is CN(C)c1ccc(C(c2ccc(C(F)(F)F)cc2)N2CCC(C(=O)O)CC2)cc1. The lowest BCUT2D eigenvalue weighted by Gasteiger charge is -2.37. The van der Waals surface area contributed by atoms with E-state index in [4.69, 9.17) is 0 Å². The first-order valence-electron chi connectivity index (χ1n) is 9.58. The van der Waals surface area contributed by atoms with Crippen molar-refractivity contribution in [3.8, 4) is 0 Å². The van der Waals surface area contributed by atoms with Crippen molar-refractivity contribution in [2.24, 2.45) is 5.92 Å². The lowest BCUT2D eigenvalue weighted by atomic mass is 9.91. The molecule has 1 fully saturated rings. The fourth-order valence-electron chi connectivity index (χ4n) is 3.83. The summed E-state index contributed by atoms with van der Waals surface area (Å²) in [5, 5.41) is 9.26. The maximum atomic E-state index is 13.0. The number of carboxylic acids is 1. The van der Waals surface area contributed by atoms with Crippen LogP contribution in [-0.2, 0) is 11.0 Å². The van der Waals surface area contributed by atoms with E-state index in [-0.39, 0.29) is 12.0 Å². The summed E-state index contributed by atoms with van der Waals surface area (Å²) < 4.78 is 38.9. The van der Waals surface area contributed by atoms with Crippen LogP contribution in [0.1, 0.15) is 35.6 Å². The lowest BCUT2D eigenvalue weighted by Crippen LogP contribution is -2.39. The van der Waals surface area contributed by atoms with Gasteiger partial charge >= 0.3 is 12.1 Å². The Morgan fingerprint density at radius 3 is 1.90 bits per heavy atom. The van der Waals surface area contributed by atoms with E-state index >= 15 is 0 Å². The Labute approximate surface area is 168 Å². The van der Waals surface area contributed by atoms with Crippen LogP contribution >= 0.6 is 0 Å². The van der Waals surface area contributed by atoms with Crippen LogP contribution in [0, 0.1) is 5.92 Å². The molecule has 1 aliphatic heterocycles. The molecule has 1 unspecified atom stereocenters. The third-order valence-corrected chi connectivity index (χ3v) is 5.52. The fourth-order valence-corrected chi connectivity index (χ4v) is 3.83. The smallest absolute Gasteiger partial charge is 0.416 e. The van der Waals surface area contributed by atoms with Crippen LogP contribution < -0.4 is 4.90 Å². The van der Waals surface area contributed by atoms with Crippen molar-refractivity contribution in [1.29, 1.82) is 0 Å². The Morgan fingerprint density at radius 2 is 1.48 bits per heavy atom. The van der Waals surface area contributed by atoms with Gasteiger partial charge < -0.3 is 10.0 Å². The number of likely N-dealkylation sites (tertiary alicyclic amines) is 1. The topological polar surface area (TPSA) is 43.8 Å². The van der Waals surface area contributed by atoms with E-state index in [1.165, 1.54) is 12.1 Å².